The second-order valence-electron chi connectivity index (χ2n) is 10.7. The zero-order valence-electron chi connectivity index (χ0n) is 23.0. The lowest BCUT2D eigenvalue weighted by Crippen LogP contribution is -2.58. The van der Waals surface area contributed by atoms with Crippen LogP contribution in [0.4, 0.5) is 19.0 Å². The molecule has 1 aromatic carbocycles. The first kappa shape index (κ1) is 29.9. The summed E-state index contributed by atoms with van der Waals surface area (Å²) >= 11 is 8.55. The van der Waals surface area contributed by atoms with E-state index in [4.69, 9.17) is 16.3 Å². The number of aromatic nitrogens is 2. The van der Waals surface area contributed by atoms with Crippen LogP contribution in [-0.4, -0.2) is 63.5 Å². The van der Waals surface area contributed by atoms with E-state index >= 15 is 0 Å². The molecule has 0 spiro atoms. The quantitative estimate of drug-likeness (QED) is 0.309. The Kier molecular flexibility index (Phi) is 8.23. The molecule has 0 bridgehead atoms. The van der Waals surface area contributed by atoms with Gasteiger partial charge in [0, 0.05) is 57.0 Å². The minimum absolute atomic E-state index is 0.00512. The largest absolute Gasteiger partial charge is 0.417 e. The van der Waals surface area contributed by atoms with Gasteiger partial charge in [0.25, 0.3) is 0 Å². The summed E-state index contributed by atoms with van der Waals surface area (Å²) in [5.74, 6) is 0.308. The molecule has 3 aromatic rings. The Balaban J connectivity index is 1.79. The van der Waals surface area contributed by atoms with Crippen molar-refractivity contribution in [2.75, 3.05) is 23.7 Å². The molecular formula is C28H30ClF3N4O3S2. The lowest BCUT2D eigenvalue weighted by molar-refractivity contribution is -0.137. The number of hydrogen-bond donors (Lipinski definition) is 0. The highest BCUT2D eigenvalue weighted by molar-refractivity contribution is 7.99. The average molecular weight is 627 g/mol. The summed E-state index contributed by atoms with van der Waals surface area (Å²) in [6.45, 7) is 11.8. The summed E-state index contributed by atoms with van der Waals surface area (Å²) in [6, 6.07) is 2.06. The van der Waals surface area contributed by atoms with E-state index in [0.29, 0.717) is 39.2 Å². The standard InChI is InChI=1S/C28H30ClF3N4O3S2/c1-6-22(37)36-15(4)9-34(10-16(36)5)26-19-8-20(28(30,31)32)23(21-7-17(29)12-40-21)25-24(19)35(27(38)33-26)11-18(13-41-25)39-14(2)3/h6-8,12,14-16,18H,1,9-11,13H2,2-5H3/t15-,16+,18?. The molecule has 2 aliphatic heterocycles. The van der Waals surface area contributed by atoms with Crippen LogP contribution in [0.3, 0.4) is 0 Å². The number of nitrogens with zero attached hydrogens (tertiary/aromatic N) is 4. The number of thioether (sulfide) groups is 1. The number of halogens is 4. The fraction of sp³-hybridized carbons (Fsp3) is 0.464. The van der Waals surface area contributed by atoms with Crippen LogP contribution in [0, 0.1) is 0 Å². The molecule has 13 heteroatoms. The number of alkyl halides is 3. The predicted molar refractivity (Wildman–Crippen MR) is 158 cm³/mol. The summed E-state index contributed by atoms with van der Waals surface area (Å²) in [4.78, 5) is 34.7. The van der Waals surface area contributed by atoms with E-state index in [0.717, 1.165) is 17.4 Å². The molecule has 1 fully saturated rings. The Morgan fingerprint density at radius 3 is 2.46 bits per heavy atom. The molecule has 0 N–H and O–H groups in total. The Morgan fingerprint density at radius 1 is 1.22 bits per heavy atom. The number of rotatable bonds is 5. The molecule has 0 saturated carbocycles. The van der Waals surface area contributed by atoms with Gasteiger partial charge in [-0.2, -0.15) is 18.2 Å². The van der Waals surface area contributed by atoms with Gasteiger partial charge in [0.1, 0.15) is 5.82 Å². The van der Waals surface area contributed by atoms with Crippen molar-refractivity contribution in [1.29, 1.82) is 0 Å². The third kappa shape index (κ3) is 5.63. The van der Waals surface area contributed by atoms with Gasteiger partial charge in [-0.3, -0.25) is 9.36 Å². The minimum atomic E-state index is -4.69. The fourth-order valence-electron chi connectivity index (χ4n) is 5.79. The first-order chi connectivity index (χ1) is 19.3. The second kappa shape index (κ2) is 11.3. The Labute approximate surface area is 248 Å². The third-order valence-corrected chi connectivity index (χ3v) is 9.75. The van der Waals surface area contributed by atoms with E-state index in [-0.39, 0.29) is 47.4 Å². The van der Waals surface area contributed by atoms with E-state index in [1.807, 2.05) is 32.6 Å². The van der Waals surface area contributed by atoms with Crippen molar-refractivity contribution in [2.45, 2.75) is 69.6 Å². The maximum Gasteiger partial charge on any atom is 0.417 e. The Morgan fingerprint density at radius 2 is 1.90 bits per heavy atom. The van der Waals surface area contributed by atoms with Gasteiger partial charge in [-0.05, 0) is 45.9 Å². The van der Waals surface area contributed by atoms with Crippen molar-refractivity contribution in [3.8, 4) is 10.4 Å². The highest BCUT2D eigenvalue weighted by Gasteiger charge is 2.40. The summed E-state index contributed by atoms with van der Waals surface area (Å²) in [5, 5.41) is 2.17. The number of hydrogen-bond acceptors (Lipinski definition) is 7. The molecule has 41 heavy (non-hydrogen) atoms. The molecule has 0 aliphatic carbocycles. The van der Waals surface area contributed by atoms with Crippen molar-refractivity contribution >= 4 is 57.3 Å². The zero-order valence-corrected chi connectivity index (χ0v) is 25.4. The molecule has 5 rings (SSSR count). The van der Waals surface area contributed by atoms with Crippen LogP contribution in [-0.2, 0) is 22.3 Å². The Bertz CT molecular complexity index is 1560. The molecule has 7 nitrogen and oxygen atoms in total. The van der Waals surface area contributed by atoms with Crippen LogP contribution in [0.15, 0.2) is 39.9 Å². The topological polar surface area (TPSA) is 67.7 Å². The smallest absolute Gasteiger partial charge is 0.373 e. The number of thiophene rings is 1. The van der Waals surface area contributed by atoms with Gasteiger partial charge in [0.2, 0.25) is 5.91 Å². The number of carbonyl (C=O) groups is 1. The van der Waals surface area contributed by atoms with Crippen LogP contribution in [0.5, 0.6) is 0 Å². The van der Waals surface area contributed by atoms with E-state index in [9.17, 15) is 22.8 Å². The summed E-state index contributed by atoms with van der Waals surface area (Å²) in [7, 11) is 0. The number of piperazine rings is 1. The summed E-state index contributed by atoms with van der Waals surface area (Å²) in [6.07, 6.45) is -3.99. The molecular weight excluding hydrogens is 597 g/mol. The number of amides is 1. The maximum atomic E-state index is 14.8. The highest BCUT2D eigenvalue weighted by Crippen LogP contribution is 2.50. The van der Waals surface area contributed by atoms with Gasteiger partial charge in [0.15, 0.2) is 0 Å². The number of carbonyl (C=O) groups excluding carboxylic acids is 1. The fourth-order valence-corrected chi connectivity index (χ4v) is 8.25. The summed E-state index contributed by atoms with van der Waals surface area (Å²) < 4.78 is 51.9. The highest BCUT2D eigenvalue weighted by atomic mass is 35.5. The van der Waals surface area contributed by atoms with Crippen LogP contribution >= 0.6 is 34.7 Å². The summed E-state index contributed by atoms with van der Waals surface area (Å²) in [5.41, 5.74) is -0.972. The van der Waals surface area contributed by atoms with E-state index < -0.39 is 23.5 Å². The zero-order chi connectivity index (χ0) is 29.8. The minimum Gasteiger partial charge on any atom is -0.373 e. The third-order valence-electron chi connectivity index (χ3n) is 7.23. The van der Waals surface area contributed by atoms with Gasteiger partial charge >= 0.3 is 11.9 Å². The van der Waals surface area contributed by atoms with E-state index in [1.54, 1.807) is 10.3 Å². The van der Waals surface area contributed by atoms with Gasteiger partial charge in [0.05, 0.1) is 34.9 Å². The Hall–Kier alpha value is -2.54. The number of ether oxygens (including phenoxy) is 1. The molecule has 2 aromatic heterocycles. The van der Waals surface area contributed by atoms with Crippen molar-refractivity contribution in [3.63, 3.8) is 0 Å². The molecule has 4 heterocycles. The molecule has 2 aliphatic rings. The molecule has 1 unspecified atom stereocenters. The molecule has 1 amide bonds. The van der Waals surface area contributed by atoms with Gasteiger partial charge in [-0.15, -0.1) is 23.1 Å². The SMILES string of the molecule is C=CC(=O)N1[C@H](C)CN(c2nc(=O)n3c4c(c(-c5cc(Cl)cs5)c(C(F)(F)F)cc24)SCC(OC(C)C)C3)C[C@@H]1C. The monoisotopic (exact) mass is 626 g/mol. The maximum absolute atomic E-state index is 14.8. The van der Waals surface area contributed by atoms with Gasteiger partial charge in [-0.1, -0.05) is 18.2 Å². The van der Waals surface area contributed by atoms with E-state index in [1.165, 1.54) is 28.5 Å². The van der Waals surface area contributed by atoms with Gasteiger partial charge < -0.3 is 14.5 Å². The predicted octanol–water partition coefficient (Wildman–Crippen LogP) is 6.31. The second-order valence-corrected chi connectivity index (χ2v) is 13.0. The van der Waals surface area contributed by atoms with Gasteiger partial charge in [-0.25, -0.2) is 4.79 Å². The van der Waals surface area contributed by atoms with Crippen molar-refractivity contribution < 1.29 is 22.7 Å². The van der Waals surface area contributed by atoms with E-state index in [2.05, 4.69) is 11.6 Å². The lowest BCUT2D eigenvalue weighted by Gasteiger charge is -2.44. The molecule has 3 atom stereocenters. The van der Waals surface area contributed by atoms with Crippen molar-refractivity contribution in [3.05, 3.63) is 51.2 Å². The van der Waals surface area contributed by atoms with Crippen LogP contribution in [0.25, 0.3) is 21.3 Å². The number of benzene rings is 1. The molecule has 220 valence electrons. The average Bonchev–Trinajstić information content (AvgIpc) is 3.22. The lowest BCUT2D eigenvalue weighted by atomic mass is 10.0. The molecule has 0 radical (unpaired) electrons. The van der Waals surface area contributed by atoms with Crippen LogP contribution in [0.2, 0.25) is 5.02 Å². The van der Waals surface area contributed by atoms with Crippen LogP contribution in [0.1, 0.15) is 33.3 Å². The normalized spacial score (nSPS) is 21.4. The first-order valence-electron chi connectivity index (χ1n) is 13.2. The van der Waals surface area contributed by atoms with Crippen LogP contribution < -0.4 is 10.6 Å². The number of anilines is 1. The first-order valence-corrected chi connectivity index (χ1v) is 15.5. The van der Waals surface area contributed by atoms with Crippen molar-refractivity contribution in [2.24, 2.45) is 0 Å². The molecule has 1 saturated heterocycles. The van der Waals surface area contributed by atoms with Crippen molar-refractivity contribution in [1.82, 2.24) is 14.5 Å².